The molecule has 0 aromatic heterocycles. The second-order valence-corrected chi connectivity index (χ2v) is 7.98. The van der Waals surface area contributed by atoms with Gasteiger partial charge < -0.3 is 15.3 Å². The predicted molar refractivity (Wildman–Crippen MR) is 97.4 cm³/mol. The predicted octanol–water partition coefficient (Wildman–Crippen LogP) is 3.18. The summed E-state index contributed by atoms with van der Waals surface area (Å²) in [5.74, 6) is 2.27. The first kappa shape index (κ1) is 16.7. The fourth-order valence-corrected chi connectivity index (χ4v) is 4.41. The van der Waals surface area contributed by atoms with Crippen LogP contribution in [0.3, 0.4) is 0 Å². The summed E-state index contributed by atoms with van der Waals surface area (Å²) in [6.07, 6.45) is 3.73. The average molecular weight is 334 g/mol. The van der Waals surface area contributed by atoms with Crippen molar-refractivity contribution in [2.24, 2.45) is 0 Å². The molecule has 126 valence electrons. The smallest absolute Gasteiger partial charge is 0.227 e. The van der Waals surface area contributed by atoms with Crippen LogP contribution in [0.25, 0.3) is 0 Å². The number of benzene rings is 1. The molecule has 0 radical (unpaired) electrons. The van der Waals surface area contributed by atoms with Gasteiger partial charge in [0.15, 0.2) is 0 Å². The summed E-state index contributed by atoms with van der Waals surface area (Å²) in [7, 11) is 0. The molecule has 5 heteroatoms. The van der Waals surface area contributed by atoms with Gasteiger partial charge in [0.25, 0.3) is 0 Å². The van der Waals surface area contributed by atoms with Gasteiger partial charge in [0.1, 0.15) is 0 Å². The van der Waals surface area contributed by atoms with Crippen molar-refractivity contribution in [3.05, 3.63) is 23.8 Å². The zero-order chi connectivity index (χ0) is 16.3. The Balaban J connectivity index is 1.62. The summed E-state index contributed by atoms with van der Waals surface area (Å²) in [4.78, 5) is 14.6. The molecule has 1 saturated heterocycles. The summed E-state index contributed by atoms with van der Waals surface area (Å²) < 4.78 is 0. The SMILES string of the molecule is Cc1cc(N2CCSCC2)ccc1NC(=O)CC1(O)CCCC1. The van der Waals surface area contributed by atoms with Crippen LogP contribution >= 0.6 is 11.8 Å². The van der Waals surface area contributed by atoms with Crippen molar-refractivity contribution in [2.45, 2.75) is 44.6 Å². The zero-order valence-electron chi connectivity index (χ0n) is 13.8. The maximum atomic E-state index is 12.2. The number of aliphatic hydroxyl groups is 1. The van der Waals surface area contributed by atoms with E-state index in [9.17, 15) is 9.90 Å². The van der Waals surface area contributed by atoms with E-state index in [1.807, 2.05) is 24.8 Å². The van der Waals surface area contributed by atoms with Crippen molar-refractivity contribution in [2.75, 3.05) is 34.8 Å². The Labute approximate surface area is 142 Å². The number of amides is 1. The van der Waals surface area contributed by atoms with Crippen LogP contribution in [0.15, 0.2) is 18.2 Å². The fraction of sp³-hybridized carbons (Fsp3) is 0.611. The first-order valence-electron chi connectivity index (χ1n) is 8.51. The lowest BCUT2D eigenvalue weighted by atomic mass is 9.97. The Hall–Kier alpha value is -1.20. The van der Waals surface area contributed by atoms with Gasteiger partial charge in [-0.15, -0.1) is 0 Å². The van der Waals surface area contributed by atoms with Gasteiger partial charge in [-0.25, -0.2) is 0 Å². The topological polar surface area (TPSA) is 52.6 Å². The van der Waals surface area contributed by atoms with Crippen LogP contribution < -0.4 is 10.2 Å². The van der Waals surface area contributed by atoms with Gasteiger partial charge in [0.05, 0.1) is 12.0 Å². The Morgan fingerprint density at radius 2 is 2.00 bits per heavy atom. The third kappa shape index (κ3) is 4.21. The van der Waals surface area contributed by atoms with Crippen molar-refractivity contribution >= 4 is 29.0 Å². The highest BCUT2D eigenvalue weighted by Gasteiger charge is 2.33. The molecule has 2 N–H and O–H groups in total. The summed E-state index contributed by atoms with van der Waals surface area (Å²) in [5.41, 5.74) is 2.37. The number of nitrogens with one attached hydrogen (secondary N) is 1. The van der Waals surface area contributed by atoms with Crippen LogP contribution in [-0.2, 0) is 4.79 Å². The van der Waals surface area contributed by atoms with E-state index in [2.05, 4.69) is 22.3 Å². The molecule has 2 aliphatic rings. The number of thioether (sulfide) groups is 1. The minimum absolute atomic E-state index is 0.0837. The number of hydrogen-bond donors (Lipinski definition) is 2. The Bertz CT molecular complexity index is 564. The second kappa shape index (κ2) is 7.14. The highest BCUT2D eigenvalue weighted by molar-refractivity contribution is 7.99. The van der Waals surface area contributed by atoms with E-state index in [0.29, 0.717) is 0 Å². The van der Waals surface area contributed by atoms with Crippen molar-refractivity contribution in [1.29, 1.82) is 0 Å². The maximum Gasteiger partial charge on any atom is 0.227 e. The molecule has 3 rings (SSSR count). The number of hydrogen-bond acceptors (Lipinski definition) is 4. The van der Waals surface area contributed by atoms with E-state index in [4.69, 9.17) is 0 Å². The molecular weight excluding hydrogens is 308 g/mol. The summed E-state index contributed by atoms with van der Waals surface area (Å²) in [6.45, 7) is 4.20. The Kier molecular flexibility index (Phi) is 5.17. The van der Waals surface area contributed by atoms with Crippen molar-refractivity contribution in [1.82, 2.24) is 0 Å². The molecular formula is C18H26N2O2S. The molecule has 2 fully saturated rings. The largest absolute Gasteiger partial charge is 0.389 e. The molecule has 1 aliphatic carbocycles. The van der Waals surface area contributed by atoms with Gasteiger partial charge in [-0.05, 0) is 43.5 Å². The van der Waals surface area contributed by atoms with Crippen molar-refractivity contribution in [3.8, 4) is 0 Å². The minimum Gasteiger partial charge on any atom is -0.389 e. The first-order valence-corrected chi connectivity index (χ1v) is 9.67. The lowest BCUT2D eigenvalue weighted by Gasteiger charge is -2.29. The number of carbonyl (C=O) groups excluding carboxylic acids is 1. The molecule has 1 heterocycles. The average Bonchev–Trinajstić information content (AvgIpc) is 2.96. The molecule has 23 heavy (non-hydrogen) atoms. The first-order chi connectivity index (χ1) is 11.1. The molecule has 1 aliphatic heterocycles. The number of anilines is 2. The van der Waals surface area contributed by atoms with Crippen LogP contribution in [-0.4, -0.2) is 41.2 Å². The van der Waals surface area contributed by atoms with Gasteiger partial charge in [-0.2, -0.15) is 11.8 Å². The lowest BCUT2D eigenvalue weighted by Crippen LogP contribution is -2.32. The lowest BCUT2D eigenvalue weighted by molar-refractivity contribution is -0.120. The maximum absolute atomic E-state index is 12.2. The summed E-state index contributed by atoms with van der Waals surface area (Å²) in [6, 6.07) is 6.22. The molecule has 0 unspecified atom stereocenters. The number of rotatable bonds is 4. The Morgan fingerprint density at radius 1 is 1.30 bits per heavy atom. The van der Waals surface area contributed by atoms with Gasteiger partial charge >= 0.3 is 0 Å². The highest BCUT2D eigenvalue weighted by Crippen LogP contribution is 2.33. The van der Waals surface area contributed by atoms with E-state index >= 15 is 0 Å². The van der Waals surface area contributed by atoms with E-state index in [1.54, 1.807) is 0 Å². The zero-order valence-corrected chi connectivity index (χ0v) is 14.6. The van der Waals surface area contributed by atoms with Crippen LogP contribution in [0.4, 0.5) is 11.4 Å². The molecule has 0 bridgehead atoms. The van der Waals surface area contributed by atoms with E-state index in [-0.39, 0.29) is 12.3 Å². The molecule has 0 spiro atoms. The van der Waals surface area contributed by atoms with E-state index < -0.39 is 5.60 Å². The van der Waals surface area contributed by atoms with Crippen molar-refractivity contribution < 1.29 is 9.90 Å². The van der Waals surface area contributed by atoms with Crippen molar-refractivity contribution in [3.63, 3.8) is 0 Å². The summed E-state index contributed by atoms with van der Waals surface area (Å²) >= 11 is 2.00. The molecule has 1 aromatic rings. The van der Waals surface area contributed by atoms with Gasteiger partial charge in [0, 0.05) is 36.0 Å². The third-order valence-corrected chi connectivity index (χ3v) is 5.83. The third-order valence-electron chi connectivity index (χ3n) is 4.88. The van der Waals surface area contributed by atoms with E-state index in [1.165, 1.54) is 17.2 Å². The monoisotopic (exact) mass is 334 g/mol. The number of nitrogens with zero attached hydrogens (tertiary/aromatic N) is 1. The molecule has 1 aromatic carbocycles. The molecule has 0 atom stereocenters. The van der Waals surface area contributed by atoms with Crippen LogP contribution in [0.2, 0.25) is 0 Å². The van der Waals surface area contributed by atoms with Crippen LogP contribution in [0, 0.1) is 6.92 Å². The molecule has 1 amide bonds. The Morgan fingerprint density at radius 3 is 2.65 bits per heavy atom. The number of aryl methyl sites for hydroxylation is 1. The van der Waals surface area contributed by atoms with Crippen LogP contribution in [0.5, 0.6) is 0 Å². The van der Waals surface area contributed by atoms with Gasteiger partial charge in [-0.1, -0.05) is 12.8 Å². The summed E-state index contributed by atoms with van der Waals surface area (Å²) in [5, 5.41) is 13.3. The second-order valence-electron chi connectivity index (χ2n) is 6.76. The quantitative estimate of drug-likeness (QED) is 0.888. The fourth-order valence-electron chi connectivity index (χ4n) is 3.51. The standard InChI is InChI=1S/C18H26N2O2S/c1-14-12-15(20-8-10-23-11-9-20)4-5-16(14)19-17(21)13-18(22)6-2-3-7-18/h4-5,12,22H,2-3,6-11,13H2,1H3,(H,19,21). The minimum atomic E-state index is -0.788. The normalized spacial score (nSPS) is 20.5. The molecule has 4 nitrogen and oxygen atoms in total. The molecule has 1 saturated carbocycles. The van der Waals surface area contributed by atoms with Gasteiger partial charge in [-0.3, -0.25) is 4.79 Å². The van der Waals surface area contributed by atoms with E-state index in [0.717, 1.165) is 50.0 Å². The number of carbonyl (C=O) groups is 1. The van der Waals surface area contributed by atoms with Crippen LogP contribution in [0.1, 0.15) is 37.7 Å². The van der Waals surface area contributed by atoms with Gasteiger partial charge in [0.2, 0.25) is 5.91 Å². The highest BCUT2D eigenvalue weighted by atomic mass is 32.2.